The maximum Gasteiger partial charge on any atom is 0.232 e. The summed E-state index contributed by atoms with van der Waals surface area (Å²) in [5, 5.41) is 4.10. The van der Waals surface area contributed by atoms with Crippen molar-refractivity contribution in [1.82, 2.24) is 9.78 Å². The van der Waals surface area contributed by atoms with Gasteiger partial charge in [0.25, 0.3) is 0 Å². The molecule has 0 atom stereocenters. The van der Waals surface area contributed by atoms with Crippen molar-refractivity contribution >= 4 is 27.3 Å². The highest BCUT2D eigenvalue weighted by Gasteiger charge is 2.13. The molecule has 5 nitrogen and oxygen atoms in total. The van der Waals surface area contributed by atoms with Gasteiger partial charge in [-0.3, -0.25) is 4.72 Å². The summed E-state index contributed by atoms with van der Waals surface area (Å²) in [6, 6.07) is 8.88. The zero-order valence-electron chi connectivity index (χ0n) is 10.2. The van der Waals surface area contributed by atoms with Gasteiger partial charge in [-0.25, -0.2) is 13.1 Å². The van der Waals surface area contributed by atoms with E-state index < -0.39 is 10.0 Å². The van der Waals surface area contributed by atoms with Crippen LogP contribution in [0.15, 0.2) is 42.7 Å². The summed E-state index contributed by atoms with van der Waals surface area (Å²) in [7, 11) is -3.39. The summed E-state index contributed by atoms with van der Waals surface area (Å²) >= 11 is 5.52. The molecule has 19 heavy (non-hydrogen) atoms. The van der Waals surface area contributed by atoms with Crippen LogP contribution in [0.1, 0.15) is 6.42 Å². The molecule has 2 rings (SSSR count). The first-order valence-electron chi connectivity index (χ1n) is 5.78. The van der Waals surface area contributed by atoms with E-state index in [0.29, 0.717) is 23.7 Å². The molecule has 0 saturated heterocycles. The summed E-state index contributed by atoms with van der Waals surface area (Å²) < 4.78 is 27.9. The average Bonchev–Trinajstić information content (AvgIpc) is 2.90. The number of alkyl halides is 1. The van der Waals surface area contributed by atoms with Gasteiger partial charge in [0.1, 0.15) is 0 Å². The van der Waals surface area contributed by atoms with Gasteiger partial charge >= 0.3 is 0 Å². The topological polar surface area (TPSA) is 64.0 Å². The SMILES string of the molecule is O=S(=O)(CCCCl)Nc1ccccc1-n1cccn1. The molecule has 1 aromatic heterocycles. The lowest BCUT2D eigenvalue weighted by molar-refractivity contribution is 0.600. The standard InChI is InChI=1S/C12H14ClN3O2S/c13-7-3-10-19(17,18)15-11-5-1-2-6-12(11)16-9-4-8-14-16/h1-2,4-6,8-9,15H,3,7,10H2. The molecule has 102 valence electrons. The van der Waals surface area contributed by atoms with Gasteiger partial charge in [0.15, 0.2) is 0 Å². The largest absolute Gasteiger partial charge is 0.281 e. The van der Waals surface area contributed by atoms with E-state index in [4.69, 9.17) is 11.6 Å². The lowest BCUT2D eigenvalue weighted by Crippen LogP contribution is -2.18. The second-order valence-corrected chi connectivity index (χ2v) is 6.15. The number of halogens is 1. The molecule has 0 aliphatic carbocycles. The Labute approximate surface area is 117 Å². The van der Waals surface area contributed by atoms with Gasteiger partial charge in [-0.15, -0.1) is 11.6 Å². The molecule has 0 amide bonds. The van der Waals surface area contributed by atoms with Crippen molar-refractivity contribution in [3.05, 3.63) is 42.7 Å². The van der Waals surface area contributed by atoms with Crippen molar-refractivity contribution in [2.45, 2.75) is 6.42 Å². The predicted molar refractivity (Wildman–Crippen MR) is 76.3 cm³/mol. The van der Waals surface area contributed by atoms with Crippen LogP contribution in [-0.2, 0) is 10.0 Å². The zero-order chi connectivity index (χ0) is 13.7. The van der Waals surface area contributed by atoms with E-state index in [1.54, 1.807) is 41.3 Å². The summed E-state index contributed by atoms with van der Waals surface area (Å²) in [4.78, 5) is 0. The number of hydrogen-bond acceptors (Lipinski definition) is 3. The zero-order valence-corrected chi connectivity index (χ0v) is 11.7. The molecular weight excluding hydrogens is 286 g/mol. The molecule has 0 spiro atoms. The minimum atomic E-state index is -3.39. The number of rotatable bonds is 6. The Balaban J connectivity index is 2.26. The Morgan fingerprint density at radius 2 is 2.05 bits per heavy atom. The van der Waals surface area contributed by atoms with Crippen LogP contribution in [0.2, 0.25) is 0 Å². The molecule has 7 heteroatoms. The maximum absolute atomic E-state index is 11.9. The van der Waals surface area contributed by atoms with E-state index in [-0.39, 0.29) is 5.75 Å². The van der Waals surface area contributed by atoms with Crippen LogP contribution < -0.4 is 4.72 Å². The second kappa shape index (κ2) is 6.08. The van der Waals surface area contributed by atoms with Crippen molar-refractivity contribution in [3.63, 3.8) is 0 Å². The summed E-state index contributed by atoms with van der Waals surface area (Å²) in [5.74, 6) is 0.325. The molecule has 0 fully saturated rings. The normalized spacial score (nSPS) is 11.4. The van der Waals surface area contributed by atoms with Gasteiger partial charge in [0, 0.05) is 18.3 Å². The van der Waals surface area contributed by atoms with Gasteiger partial charge in [0.2, 0.25) is 10.0 Å². The summed E-state index contributed by atoms with van der Waals surface area (Å²) in [6.07, 6.45) is 3.81. The highest BCUT2D eigenvalue weighted by molar-refractivity contribution is 7.92. The molecule has 0 aliphatic rings. The first kappa shape index (κ1) is 13.9. The first-order valence-corrected chi connectivity index (χ1v) is 7.96. The van der Waals surface area contributed by atoms with E-state index in [1.807, 2.05) is 6.07 Å². The number of nitrogens with zero attached hydrogens (tertiary/aromatic N) is 2. The van der Waals surface area contributed by atoms with Crippen molar-refractivity contribution in [1.29, 1.82) is 0 Å². The van der Waals surface area contributed by atoms with Crippen molar-refractivity contribution in [2.75, 3.05) is 16.4 Å². The predicted octanol–water partition coefficient (Wildman–Crippen LogP) is 2.24. The van der Waals surface area contributed by atoms with Crippen LogP contribution in [0.4, 0.5) is 5.69 Å². The number of para-hydroxylation sites is 2. The minimum Gasteiger partial charge on any atom is -0.281 e. The number of nitrogens with one attached hydrogen (secondary N) is 1. The molecule has 2 aromatic rings. The lowest BCUT2D eigenvalue weighted by atomic mass is 10.3. The fourth-order valence-corrected chi connectivity index (χ4v) is 3.06. The molecule has 1 heterocycles. The van der Waals surface area contributed by atoms with Crippen molar-refractivity contribution in [3.8, 4) is 5.69 Å². The summed E-state index contributed by atoms with van der Waals surface area (Å²) in [5.41, 5.74) is 1.18. The van der Waals surface area contributed by atoms with Gasteiger partial charge < -0.3 is 0 Å². The van der Waals surface area contributed by atoms with E-state index >= 15 is 0 Å². The Morgan fingerprint density at radius 3 is 2.74 bits per heavy atom. The molecule has 1 aromatic carbocycles. The lowest BCUT2D eigenvalue weighted by Gasteiger charge is -2.12. The molecule has 0 unspecified atom stereocenters. The summed E-state index contributed by atoms with van der Waals surface area (Å²) in [6.45, 7) is 0. The molecule has 0 radical (unpaired) electrons. The van der Waals surface area contributed by atoms with Crippen LogP contribution in [0.25, 0.3) is 5.69 Å². The number of benzene rings is 1. The number of sulfonamides is 1. The number of aromatic nitrogens is 2. The fraction of sp³-hybridized carbons (Fsp3) is 0.250. The fourth-order valence-electron chi connectivity index (χ4n) is 1.63. The van der Waals surface area contributed by atoms with Gasteiger partial charge in [-0.2, -0.15) is 5.10 Å². The van der Waals surface area contributed by atoms with Crippen molar-refractivity contribution < 1.29 is 8.42 Å². The number of hydrogen-bond donors (Lipinski definition) is 1. The van der Waals surface area contributed by atoms with Crippen LogP contribution >= 0.6 is 11.6 Å². The second-order valence-electron chi connectivity index (χ2n) is 3.93. The molecule has 0 aliphatic heterocycles. The smallest absolute Gasteiger partial charge is 0.232 e. The minimum absolute atomic E-state index is 0.00391. The third-order valence-corrected chi connectivity index (χ3v) is 4.09. The van der Waals surface area contributed by atoms with E-state index in [2.05, 4.69) is 9.82 Å². The maximum atomic E-state index is 11.9. The Kier molecular flexibility index (Phi) is 4.44. The highest BCUT2D eigenvalue weighted by Crippen LogP contribution is 2.20. The first-order chi connectivity index (χ1) is 9.12. The quantitative estimate of drug-likeness (QED) is 0.832. The van der Waals surface area contributed by atoms with E-state index in [1.165, 1.54) is 0 Å². The Morgan fingerprint density at radius 1 is 1.26 bits per heavy atom. The molecule has 1 N–H and O–H groups in total. The third kappa shape index (κ3) is 3.71. The average molecular weight is 300 g/mol. The molecule has 0 bridgehead atoms. The van der Waals surface area contributed by atoms with E-state index in [9.17, 15) is 8.42 Å². The highest BCUT2D eigenvalue weighted by atomic mass is 35.5. The van der Waals surface area contributed by atoms with Crippen LogP contribution in [-0.4, -0.2) is 29.8 Å². The van der Waals surface area contributed by atoms with Crippen molar-refractivity contribution in [2.24, 2.45) is 0 Å². The van der Waals surface area contributed by atoms with Gasteiger partial charge in [-0.1, -0.05) is 12.1 Å². The molecule has 0 saturated carbocycles. The molecular formula is C12H14ClN3O2S. The van der Waals surface area contributed by atoms with Crippen LogP contribution in [0.5, 0.6) is 0 Å². The Bertz CT molecular complexity index is 626. The van der Waals surface area contributed by atoms with Crippen LogP contribution in [0.3, 0.4) is 0 Å². The van der Waals surface area contributed by atoms with E-state index in [0.717, 1.165) is 0 Å². The number of anilines is 1. The van der Waals surface area contributed by atoms with Crippen LogP contribution in [0, 0.1) is 0 Å². The monoisotopic (exact) mass is 299 g/mol. The Hall–Kier alpha value is -1.53. The third-order valence-electron chi connectivity index (χ3n) is 2.47. The van der Waals surface area contributed by atoms with Gasteiger partial charge in [0.05, 0.1) is 17.1 Å². The van der Waals surface area contributed by atoms with Gasteiger partial charge in [-0.05, 0) is 24.6 Å².